The maximum absolute atomic E-state index is 4.04. The Bertz CT molecular complexity index is 172. The van der Waals surface area contributed by atoms with Crippen molar-refractivity contribution in [1.82, 2.24) is 4.90 Å². The second-order valence-electron chi connectivity index (χ2n) is 5.04. The summed E-state index contributed by atoms with van der Waals surface area (Å²) in [5, 5.41) is 0. The first-order valence-electron chi connectivity index (χ1n) is 5.42. The maximum Gasteiger partial charge on any atom is 0.00328 e. The summed E-state index contributed by atoms with van der Waals surface area (Å²) < 4.78 is 0. The molecule has 0 amide bonds. The molecular formula is C12H23N. The average molecular weight is 181 g/mol. The highest BCUT2D eigenvalue weighted by molar-refractivity contribution is 4.99. The molecule has 1 nitrogen and oxygen atoms in total. The number of nitrogens with zero attached hydrogens (tertiary/aromatic N) is 1. The largest absolute Gasteiger partial charge is 0.302 e. The molecule has 13 heavy (non-hydrogen) atoms. The van der Waals surface area contributed by atoms with Crippen LogP contribution in [-0.4, -0.2) is 24.5 Å². The Morgan fingerprint density at radius 2 is 1.85 bits per heavy atom. The molecule has 0 aromatic rings. The molecular weight excluding hydrogens is 158 g/mol. The molecule has 1 aliphatic rings. The summed E-state index contributed by atoms with van der Waals surface area (Å²) in [6.07, 6.45) is 3.68. The minimum atomic E-state index is 0.485. The van der Waals surface area contributed by atoms with E-state index in [9.17, 15) is 0 Å². The van der Waals surface area contributed by atoms with Crippen molar-refractivity contribution < 1.29 is 0 Å². The van der Waals surface area contributed by atoms with Crippen LogP contribution in [0.25, 0.3) is 0 Å². The molecule has 76 valence electrons. The summed E-state index contributed by atoms with van der Waals surface area (Å²) in [6.45, 7) is 14.7. The molecule has 1 heteroatoms. The Labute approximate surface area is 82.8 Å². The van der Waals surface area contributed by atoms with Crippen molar-refractivity contribution in [3.63, 3.8) is 0 Å². The van der Waals surface area contributed by atoms with E-state index in [2.05, 4.69) is 32.3 Å². The topological polar surface area (TPSA) is 3.24 Å². The first kappa shape index (κ1) is 10.8. The van der Waals surface area contributed by atoms with E-state index in [1.54, 1.807) is 0 Å². The monoisotopic (exact) mass is 181 g/mol. The number of likely N-dealkylation sites (tertiary alicyclic amines) is 1. The molecule has 1 heterocycles. The molecule has 0 aliphatic carbocycles. The summed E-state index contributed by atoms with van der Waals surface area (Å²) in [4.78, 5) is 2.58. The van der Waals surface area contributed by atoms with Crippen LogP contribution >= 0.6 is 0 Å². The molecule has 1 saturated heterocycles. The van der Waals surface area contributed by atoms with Crippen LogP contribution in [0.1, 0.15) is 40.0 Å². The first-order valence-corrected chi connectivity index (χ1v) is 5.42. The number of hydrogen-bond acceptors (Lipinski definition) is 1. The van der Waals surface area contributed by atoms with Gasteiger partial charge in [-0.2, -0.15) is 0 Å². The van der Waals surface area contributed by atoms with Gasteiger partial charge in [-0.3, -0.25) is 0 Å². The van der Waals surface area contributed by atoms with Crippen LogP contribution < -0.4 is 0 Å². The normalized spacial score (nSPS) is 20.7. The highest BCUT2D eigenvalue weighted by Crippen LogP contribution is 2.24. The number of rotatable bonds is 3. The Morgan fingerprint density at radius 1 is 1.31 bits per heavy atom. The van der Waals surface area contributed by atoms with Crippen LogP contribution in [0.5, 0.6) is 0 Å². The second-order valence-corrected chi connectivity index (χ2v) is 5.04. The third-order valence-corrected chi connectivity index (χ3v) is 3.17. The molecule has 0 aromatic heterocycles. The zero-order valence-electron chi connectivity index (χ0n) is 9.40. The molecule has 0 atom stereocenters. The Hall–Kier alpha value is -0.300. The van der Waals surface area contributed by atoms with Gasteiger partial charge in [0, 0.05) is 19.6 Å². The lowest BCUT2D eigenvalue weighted by molar-refractivity contribution is 0.164. The predicted molar refractivity (Wildman–Crippen MR) is 58.9 cm³/mol. The van der Waals surface area contributed by atoms with Crippen LogP contribution in [-0.2, 0) is 0 Å². The predicted octanol–water partition coefficient (Wildman–Crippen LogP) is 3.07. The van der Waals surface area contributed by atoms with Gasteiger partial charge in [-0.05, 0) is 24.7 Å². The molecule has 0 radical (unpaired) electrons. The third kappa shape index (κ3) is 3.51. The van der Waals surface area contributed by atoms with Gasteiger partial charge < -0.3 is 4.90 Å². The van der Waals surface area contributed by atoms with Crippen LogP contribution in [0.2, 0.25) is 0 Å². The lowest BCUT2D eigenvalue weighted by atomic mass is 9.89. The van der Waals surface area contributed by atoms with Gasteiger partial charge in [-0.1, -0.05) is 32.9 Å². The van der Waals surface area contributed by atoms with Gasteiger partial charge in [0.15, 0.2) is 0 Å². The summed E-state index contributed by atoms with van der Waals surface area (Å²) in [5.41, 5.74) is 1.92. The van der Waals surface area contributed by atoms with Crippen molar-refractivity contribution in [2.24, 2.45) is 5.41 Å². The van der Waals surface area contributed by atoms with Crippen molar-refractivity contribution in [3.05, 3.63) is 12.2 Å². The zero-order valence-corrected chi connectivity index (χ0v) is 9.40. The minimum Gasteiger partial charge on any atom is -0.302 e. The van der Waals surface area contributed by atoms with E-state index in [-0.39, 0.29) is 0 Å². The van der Waals surface area contributed by atoms with Gasteiger partial charge in [0.25, 0.3) is 0 Å². The summed E-state index contributed by atoms with van der Waals surface area (Å²) in [7, 11) is 0. The van der Waals surface area contributed by atoms with E-state index in [1.165, 1.54) is 44.5 Å². The Kier molecular flexibility index (Phi) is 3.55. The van der Waals surface area contributed by atoms with E-state index in [1.807, 2.05) is 0 Å². The molecule has 1 aliphatic heterocycles. The zero-order chi connectivity index (χ0) is 9.90. The Morgan fingerprint density at radius 3 is 2.31 bits per heavy atom. The van der Waals surface area contributed by atoms with Crippen molar-refractivity contribution >= 4 is 0 Å². The van der Waals surface area contributed by atoms with Crippen molar-refractivity contribution in [1.29, 1.82) is 0 Å². The number of hydrogen-bond donors (Lipinski definition) is 0. The van der Waals surface area contributed by atoms with E-state index < -0.39 is 0 Å². The van der Waals surface area contributed by atoms with E-state index in [4.69, 9.17) is 0 Å². The lowest BCUT2D eigenvalue weighted by Gasteiger charge is -2.34. The molecule has 1 fully saturated rings. The van der Waals surface area contributed by atoms with Gasteiger partial charge in [-0.25, -0.2) is 0 Å². The van der Waals surface area contributed by atoms with E-state index in [0.29, 0.717) is 5.41 Å². The molecule has 0 N–H and O–H groups in total. The maximum atomic E-state index is 4.04. The highest BCUT2D eigenvalue weighted by atomic mass is 15.1. The van der Waals surface area contributed by atoms with Crippen molar-refractivity contribution in [3.8, 4) is 0 Å². The fourth-order valence-electron chi connectivity index (χ4n) is 1.74. The third-order valence-electron chi connectivity index (χ3n) is 3.17. The fraction of sp³-hybridized carbons (Fsp3) is 0.833. The Balaban J connectivity index is 2.34. The first-order chi connectivity index (χ1) is 6.03. The van der Waals surface area contributed by atoms with Crippen LogP contribution in [0, 0.1) is 5.41 Å². The highest BCUT2D eigenvalue weighted by Gasteiger charge is 2.21. The van der Waals surface area contributed by atoms with E-state index >= 15 is 0 Å². The summed E-state index contributed by atoms with van der Waals surface area (Å²) in [5.74, 6) is 0. The van der Waals surface area contributed by atoms with Crippen molar-refractivity contribution in [2.75, 3.05) is 19.6 Å². The second kappa shape index (κ2) is 4.28. The van der Waals surface area contributed by atoms with Gasteiger partial charge in [-0.15, -0.1) is 0 Å². The van der Waals surface area contributed by atoms with Crippen molar-refractivity contribution in [2.45, 2.75) is 40.0 Å². The minimum absolute atomic E-state index is 0.485. The van der Waals surface area contributed by atoms with E-state index in [0.717, 1.165) is 0 Å². The molecule has 0 spiro atoms. The molecule has 0 unspecified atom stereocenters. The number of piperidine rings is 1. The van der Waals surface area contributed by atoms with Crippen LogP contribution in [0.4, 0.5) is 0 Å². The lowest BCUT2D eigenvalue weighted by Crippen LogP contribution is -2.38. The molecule has 1 rings (SSSR count). The SMILES string of the molecule is C=C1CCN(CC(C)(C)CC)CC1. The van der Waals surface area contributed by atoms with Crippen LogP contribution in [0.3, 0.4) is 0 Å². The summed E-state index contributed by atoms with van der Waals surface area (Å²) >= 11 is 0. The quantitative estimate of drug-likeness (QED) is 0.605. The molecule has 0 aromatic carbocycles. The van der Waals surface area contributed by atoms with Crippen LogP contribution in [0.15, 0.2) is 12.2 Å². The van der Waals surface area contributed by atoms with Gasteiger partial charge in [0.2, 0.25) is 0 Å². The fourth-order valence-corrected chi connectivity index (χ4v) is 1.74. The standard InChI is InChI=1S/C12H23N/c1-5-12(3,4)10-13-8-6-11(2)7-9-13/h2,5-10H2,1,3-4H3. The van der Waals surface area contributed by atoms with Gasteiger partial charge in [0.05, 0.1) is 0 Å². The van der Waals surface area contributed by atoms with Gasteiger partial charge >= 0.3 is 0 Å². The summed E-state index contributed by atoms with van der Waals surface area (Å²) in [6, 6.07) is 0. The van der Waals surface area contributed by atoms with Gasteiger partial charge in [0.1, 0.15) is 0 Å². The average Bonchev–Trinajstić information content (AvgIpc) is 2.09. The molecule has 0 bridgehead atoms. The smallest absolute Gasteiger partial charge is 0.00328 e. The molecule has 0 saturated carbocycles.